The quantitative estimate of drug-likeness (QED) is 0.751. The van der Waals surface area contributed by atoms with Crippen LogP contribution in [-0.2, 0) is 11.3 Å². The zero-order valence-corrected chi connectivity index (χ0v) is 14.5. The molecule has 0 saturated carbocycles. The summed E-state index contributed by atoms with van der Waals surface area (Å²) in [7, 11) is 0. The first-order chi connectivity index (χ1) is 11.6. The van der Waals surface area contributed by atoms with Crippen molar-refractivity contribution in [2.45, 2.75) is 13.5 Å². The van der Waals surface area contributed by atoms with E-state index in [4.69, 9.17) is 16.3 Å². The van der Waals surface area contributed by atoms with E-state index in [1.165, 1.54) is 11.3 Å². The highest BCUT2D eigenvalue weighted by atomic mass is 35.5. The number of fused-ring (bicyclic) bond motifs is 1. The van der Waals surface area contributed by atoms with E-state index in [0.717, 1.165) is 10.2 Å². The fourth-order valence-corrected chi connectivity index (χ4v) is 3.44. The Bertz CT molecular complexity index is 931. The molecule has 2 aromatic carbocycles. The Labute approximate surface area is 147 Å². The topological polar surface area (TPSA) is 60.3 Å². The number of rotatable bonds is 5. The van der Waals surface area contributed by atoms with Crippen LogP contribution >= 0.6 is 22.9 Å². The second kappa shape index (κ2) is 7.07. The summed E-state index contributed by atoms with van der Waals surface area (Å²) >= 11 is 6.96. The van der Waals surface area contributed by atoms with E-state index < -0.39 is 0 Å². The van der Waals surface area contributed by atoms with Crippen LogP contribution in [0.2, 0.25) is 5.02 Å². The number of carbonyl (C=O) groups excluding carboxylic acids is 1. The van der Waals surface area contributed by atoms with Gasteiger partial charge in [0.1, 0.15) is 5.75 Å². The van der Waals surface area contributed by atoms with Gasteiger partial charge in [0.05, 0.1) is 10.2 Å². The van der Waals surface area contributed by atoms with Crippen LogP contribution in [0, 0.1) is 0 Å². The number of benzene rings is 2. The van der Waals surface area contributed by atoms with E-state index in [1.54, 1.807) is 41.0 Å². The Balaban J connectivity index is 1.66. The number of ether oxygens (including phenoxy) is 1. The van der Waals surface area contributed by atoms with Crippen LogP contribution < -0.4 is 14.9 Å². The molecule has 5 nitrogen and oxygen atoms in total. The minimum Gasteiger partial charge on any atom is -0.484 e. The van der Waals surface area contributed by atoms with Crippen LogP contribution in [0.4, 0.5) is 5.69 Å². The maximum Gasteiger partial charge on any atom is 0.308 e. The van der Waals surface area contributed by atoms with Crippen molar-refractivity contribution in [3.63, 3.8) is 0 Å². The van der Waals surface area contributed by atoms with E-state index in [2.05, 4.69) is 5.32 Å². The number of nitrogens with zero attached hydrogens (tertiary/aromatic N) is 1. The van der Waals surface area contributed by atoms with Crippen molar-refractivity contribution >= 4 is 44.7 Å². The molecule has 3 rings (SSSR count). The van der Waals surface area contributed by atoms with Gasteiger partial charge in [-0.25, -0.2) is 0 Å². The van der Waals surface area contributed by atoms with Gasteiger partial charge in [0.15, 0.2) is 6.61 Å². The molecule has 0 saturated heterocycles. The molecule has 24 heavy (non-hydrogen) atoms. The molecule has 1 N–H and O–H groups in total. The lowest BCUT2D eigenvalue weighted by Gasteiger charge is -2.08. The van der Waals surface area contributed by atoms with Crippen molar-refractivity contribution in [3.05, 3.63) is 57.2 Å². The van der Waals surface area contributed by atoms with Crippen LogP contribution in [0.25, 0.3) is 10.2 Å². The highest BCUT2D eigenvalue weighted by Gasteiger charge is 2.09. The van der Waals surface area contributed by atoms with Crippen LogP contribution in [0.3, 0.4) is 0 Å². The van der Waals surface area contributed by atoms with Crippen LogP contribution in [-0.4, -0.2) is 17.1 Å². The fourth-order valence-electron chi connectivity index (χ4n) is 2.32. The molecule has 124 valence electrons. The summed E-state index contributed by atoms with van der Waals surface area (Å²) in [6.45, 7) is 2.45. The van der Waals surface area contributed by atoms with Gasteiger partial charge in [-0.2, -0.15) is 0 Å². The highest BCUT2D eigenvalue weighted by molar-refractivity contribution is 7.16. The smallest absolute Gasteiger partial charge is 0.308 e. The van der Waals surface area contributed by atoms with Gasteiger partial charge in [0.25, 0.3) is 5.91 Å². The zero-order valence-electron chi connectivity index (χ0n) is 12.9. The molecule has 0 aliphatic carbocycles. The number of amides is 1. The lowest BCUT2D eigenvalue weighted by atomic mass is 10.3. The molecule has 0 unspecified atom stereocenters. The predicted octanol–water partition coefficient (Wildman–Crippen LogP) is 3.75. The average Bonchev–Trinajstić information content (AvgIpc) is 2.88. The summed E-state index contributed by atoms with van der Waals surface area (Å²) in [5.74, 6) is 0.301. The van der Waals surface area contributed by atoms with Gasteiger partial charge in [0.2, 0.25) is 0 Å². The highest BCUT2D eigenvalue weighted by Crippen LogP contribution is 2.22. The molecule has 0 aliphatic rings. The number of hydrogen-bond donors (Lipinski definition) is 1. The van der Waals surface area contributed by atoms with Gasteiger partial charge >= 0.3 is 4.87 Å². The number of aryl methyl sites for hydroxylation is 1. The van der Waals surface area contributed by atoms with Gasteiger partial charge < -0.3 is 10.1 Å². The van der Waals surface area contributed by atoms with Gasteiger partial charge in [-0.05, 0) is 49.4 Å². The second-order valence-corrected chi connectivity index (χ2v) is 6.52. The zero-order chi connectivity index (χ0) is 17.1. The van der Waals surface area contributed by atoms with Gasteiger partial charge in [-0.15, -0.1) is 0 Å². The van der Waals surface area contributed by atoms with E-state index in [0.29, 0.717) is 23.0 Å². The van der Waals surface area contributed by atoms with E-state index >= 15 is 0 Å². The van der Waals surface area contributed by atoms with E-state index in [9.17, 15) is 9.59 Å². The fraction of sp³-hybridized carbons (Fsp3) is 0.176. The maximum absolute atomic E-state index is 12.0. The third kappa shape index (κ3) is 3.60. The molecular formula is C17H15ClN2O3S. The van der Waals surface area contributed by atoms with Crippen molar-refractivity contribution in [3.8, 4) is 5.75 Å². The normalized spacial score (nSPS) is 10.8. The third-order valence-electron chi connectivity index (χ3n) is 3.45. The van der Waals surface area contributed by atoms with E-state index in [-0.39, 0.29) is 17.4 Å². The molecular weight excluding hydrogens is 348 g/mol. The lowest BCUT2D eigenvalue weighted by molar-refractivity contribution is -0.118. The minimum atomic E-state index is -0.272. The van der Waals surface area contributed by atoms with Gasteiger partial charge in [0, 0.05) is 17.3 Å². The molecule has 3 aromatic rings. The van der Waals surface area contributed by atoms with E-state index in [1.807, 2.05) is 13.0 Å². The first-order valence-electron chi connectivity index (χ1n) is 7.38. The third-order valence-corrected chi connectivity index (χ3v) is 4.65. The van der Waals surface area contributed by atoms with Crippen LogP contribution in [0.5, 0.6) is 5.75 Å². The summed E-state index contributed by atoms with van der Waals surface area (Å²) in [4.78, 5) is 23.8. The number of carbonyl (C=O) groups is 1. The molecule has 1 aromatic heterocycles. The molecule has 1 amide bonds. The molecule has 0 atom stereocenters. The summed E-state index contributed by atoms with van der Waals surface area (Å²) in [6, 6.07) is 12.2. The average molecular weight is 363 g/mol. The Morgan fingerprint density at radius 1 is 1.25 bits per heavy atom. The number of anilines is 1. The van der Waals surface area contributed by atoms with Gasteiger partial charge in [-0.3, -0.25) is 14.2 Å². The van der Waals surface area contributed by atoms with Crippen LogP contribution in [0.15, 0.2) is 47.3 Å². The first-order valence-corrected chi connectivity index (χ1v) is 8.58. The second-order valence-electron chi connectivity index (χ2n) is 5.09. The number of halogens is 1. The number of aromatic nitrogens is 1. The van der Waals surface area contributed by atoms with Crippen molar-refractivity contribution in [2.75, 3.05) is 11.9 Å². The molecule has 0 bridgehead atoms. The molecule has 0 radical (unpaired) electrons. The summed E-state index contributed by atoms with van der Waals surface area (Å²) in [5, 5.41) is 3.38. The lowest BCUT2D eigenvalue weighted by Crippen LogP contribution is -2.20. The number of thiazole rings is 1. The van der Waals surface area contributed by atoms with Crippen LogP contribution in [0.1, 0.15) is 6.92 Å². The Kier molecular flexibility index (Phi) is 4.87. The van der Waals surface area contributed by atoms with Gasteiger partial charge in [-0.1, -0.05) is 22.9 Å². The predicted molar refractivity (Wildman–Crippen MR) is 97.3 cm³/mol. The maximum atomic E-state index is 12.0. The summed E-state index contributed by atoms with van der Waals surface area (Å²) < 4.78 is 7.95. The largest absolute Gasteiger partial charge is 0.484 e. The molecule has 0 fully saturated rings. The Morgan fingerprint density at radius 2 is 2.00 bits per heavy atom. The van der Waals surface area contributed by atoms with Crippen molar-refractivity contribution in [1.82, 2.24) is 4.57 Å². The van der Waals surface area contributed by atoms with Crippen molar-refractivity contribution in [1.29, 1.82) is 0 Å². The molecule has 7 heteroatoms. The van der Waals surface area contributed by atoms with Crippen molar-refractivity contribution in [2.24, 2.45) is 0 Å². The number of hydrogen-bond acceptors (Lipinski definition) is 4. The molecule has 0 spiro atoms. The molecule has 0 aliphatic heterocycles. The number of nitrogens with one attached hydrogen (secondary N) is 1. The standard InChI is InChI=1S/C17H15ClN2O3S/c1-2-20-14-8-5-12(9-15(14)24-17(20)22)19-16(21)10-23-13-6-3-11(18)4-7-13/h3-9H,2,10H2,1H3,(H,19,21). The summed E-state index contributed by atoms with van der Waals surface area (Å²) in [5.41, 5.74) is 1.51. The Hall–Kier alpha value is -2.31. The minimum absolute atomic E-state index is 0.00190. The Morgan fingerprint density at radius 3 is 2.71 bits per heavy atom. The van der Waals surface area contributed by atoms with Crippen molar-refractivity contribution < 1.29 is 9.53 Å². The summed E-state index contributed by atoms with van der Waals surface area (Å²) in [6.07, 6.45) is 0. The monoisotopic (exact) mass is 362 g/mol. The first kappa shape index (κ1) is 16.5. The molecule has 1 heterocycles. The SMILES string of the molecule is CCn1c(=O)sc2cc(NC(=O)COc3ccc(Cl)cc3)ccc21.